The second-order valence-corrected chi connectivity index (χ2v) is 3.50. The average molecular weight is 220 g/mol. The molecule has 1 N–H and O–H groups in total. The molecule has 1 heterocycles. The van der Waals surface area contributed by atoms with Gasteiger partial charge in [-0.05, 0) is 30.3 Å². The summed E-state index contributed by atoms with van der Waals surface area (Å²) in [4.78, 5) is 7.97. The molecular weight excluding hydrogens is 210 g/mol. The number of nitrogens with one attached hydrogen (secondary N) is 1. The fourth-order valence-electron chi connectivity index (χ4n) is 1.18. The molecule has 4 heteroatoms. The van der Waals surface area contributed by atoms with Gasteiger partial charge in [0.2, 0.25) is 0 Å². The second-order valence-electron chi connectivity index (χ2n) is 3.06. The first-order chi connectivity index (χ1) is 7.34. The Morgan fingerprint density at radius 3 is 2.60 bits per heavy atom. The molecule has 76 valence electrons. The van der Waals surface area contributed by atoms with Crippen LogP contribution in [0, 0.1) is 0 Å². The highest BCUT2D eigenvalue weighted by atomic mass is 35.5. The van der Waals surface area contributed by atoms with E-state index < -0.39 is 0 Å². The van der Waals surface area contributed by atoms with Crippen molar-refractivity contribution in [1.29, 1.82) is 0 Å². The first kappa shape index (κ1) is 9.93. The van der Waals surface area contributed by atoms with E-state index in [1.807, 2.05) is 30.3 Å². The molecule has 0 aliphatic rings. The van der Waals surface area contributed by atoms with Gasteiger partial charge in [0.15, 0.2) is 0 Å². The number of hydrogen-bond acceptors (Lipinski definition) is 3. The van der Waals surface area contributed by atoms with Crippen LogP contribution in [0.1, 0.15) is 5.69 Å². The number of aromatic nitrogens is 2. The largest absolute Gasteiger partial charge is 0.379 e. The van der Waals surface area contributed by atoms with Crippen molar-refractivity contribution in [3.63, 3.8) is 0 Å². The number of halogens is 1. The van der Waals surface area contributed by atoms with E-state index in [-0.39, 0.29) is 0 Å². The Labute approximate surface area is 93.1 Å². The summed E-state index contributed by atoms with van der Waals surface area (Å²) in [5.74, 6) is 0. The van der Waals surface area contributed by atoms with Crippen LogP contribution in [0.3, 0.4) is 0 Å². The number of rotatable bonds is 3. The SMILES string of the molecule is Clc1ccc(NCc2ccncn2)cc1. The smallest absolute Gasteiger partial charge is 0.115 e. The van der Waals surface area contributed by atoms with Gasteiger partial charge in [0.25, 0.3) is 0 Å². The third kappa shape index (κ3) is 2.92. The summed E-state index contributed by atoms with van der Waals surface area (Å²) in [5.41, 5.74) is 1.98. The molecule has 0 spiro atoms. The number of anilines is 1. The minimum atomic E-state index is 0.685. The Morgan fingerprint density at radius 2 is 1.93 bits per heavy atom. The lowest BCUT2D eigenvalue weighted by atomic mass is 10.3. The molecule has 1 aromatic heterocycles. The maximum atomic E-state index is 5.78. The lowest BCUT2D eigenvalue weighted by molar-refractivity contribution is 1.01. The van der Waals surface area contributed by atoms with Gasteiger partial charge in [-0.1, -0.05) is 11.6 Å². The number of hydrogen-bond donors (Lipinski definition) is 1. The number of nitrogens with zero attached hydrogens (tertiary/aromatic N) is 2. The molecule has 0 amide bonds. The zero-order valence-corrected chi connectivity index (χ0v) is 8.78. The maximum Gasteiger partial charge on any atom is 0.115 e. The summed E-state index contributed by atoms with van der Waals surface area (Å²) in [6.07, 6.45) is 3.27. The van der Waals surface area contributed by atoms with Gasteiger partial charge >= 0.3 is 0 Å². The van der Waals surface area contributed by atoms with Gasteiger partial charge in [-0.25, -0.2) is 9.97 Å². The molecule has 3 nitrogen and oxygen atoms in total. The first-order valence-corrected chi connectivity index (χ1v) is 4.97. The molecule has 0 fully saturated rings. The van der Waals surface area contributed by atoms with Crippen molar-refractivity contribution in [2.75, 3.05) is 5.32 Å². The fraction of sp³-hybridized carbons (Fsp3) is 0.0909. The minimum Gasteiger partial charge on any atom is -0.379 e. The van der Waals surface area contributed by atoms with Crippen molar-refractivity contribution in [2.24, 2.45) is 0 Å². The van der Waals surface area contributed by atoms with Crippen molar-refractivity contribution in [3.8, 4) is 0 Å². The van der Waals surface area contributed by atoms with Gasteiger partial charge in [-0.15, -0.1) is 0 Å². The highest BCUT2D eigenvalue weighted by Crippen LogP contribution is 2.13. The van der Waals surface area contributed by atoms with Gasteiger partial charge < -0.3 is 5.32 Å². The van der Waals surface area contributed by atoms with Gasteiger partial charge in [-0.2, -0.15) is 0 Å². The van der Waals surface area contributed by atoms with Crippen LogP contribution in [0.2, 0.25) is 5.02 Å². The average Bonchev–Trinajstić information content (AvgIpc) is 2.30. The van der Waals surface area contributed by atoms with Crippen LogP contribution < -0.4 is 5.32 Å². The van der Waals surface area contributed by atoms with Crippen LogP contribution in [0.5, 0.6) is 0 Å². The Hall–Kier alpha value is -1.61. The lowest BCUT2D eigenvalue weighted by Crippen LogP contribution is -2.01. The Morgan fingerprint density at radius 1 is 1.13 bits per heavy atom. The van der Waals surface area contributed by atoms with E-state index in [1.54, 1.807) is 12.5 Å². The highest BCUT2D eigenvalue weighted by Gasteiger charge is 1.94. The summed E-state index contributed by atoms with van der Waals surface area (Å²) in [5, 5.41) is 3.98. The van der Waals surface area contributed by atoms with Crippen LogP contribution >= 0.6 is 11.6 Å². The Bertz CT molecular complexity index is 414. The fourth-order valence-corrected chi connectivity index (χ4v) is 1.31. The molecule has 0 unspecified atom stereocenters. The summed E-state index contributed by atoms with van der Waals surface area (Å²) in [6, 6.07) is 9.45. The number of benzene rings is 1. The predicted octanol–water partition coefficient (Wildman–Crippen LogP) is 2.74. The van der Waals surface area contributed by atoms with Gasteiger partial charge in [0.1, 0.15) is 6.33 Å². The molecule has 0 aliphatic carbocycles. The zero-order valence-electron chi connectivity index (χ0n) is 8.02. The van der Waals surface area contributed by atoms with E-state index in [0.29, 0.717) is 6.54 Å². The van der Waals surface area contributed by atoms with Crippen molar-refractivity contribution < 1.29 is 0 Å². The summed E-state index contributed by atoms with van der Waals surface area (Å²) < 4.78 is 0. The molecule has 0 bridgehead atoms. The van der Waals surface area contributed by atoms with Gasteiger partial charge in [-0.3, -0.25) is 0 Å². The van der Waals surface area contributed by atoms with Crippen molar-refractivity contribution in [1.82, 2.24) is 9.97 Å². The van der Waals surface area contributed by atoms with Gasteiger partial charge in [0.05, 0.1) is 12.2 Å². The van der Waals surface area contributed by atoms with E-state index in [4.69, 9.17) is 11.6 Å². The van der Waals surface area contributed by atoms with Crippen molar-refractivity contribution in [3.05, 3.63) is 53.6 Å². The summed E-state index contributed by atoms with van der Waals surface area (Å²) in [7, 11) is 0. The van der Waals surface area contributed by atoms with Crippen LogP contribution in [-0.4, -0.2) is 9.97 Å². The van der Waals surface area contributed by atoms with E-state index in [1.165, 1.54) is 0 Å². The molecule has 0 atom stereocenters. The van der Waals surface area contributed by atoms with Crippen LogP contribution in [0.25, 0.3) is 0 Å². The van der Waals surface area contributed by atoms with E-state index >= 15 is 0 Å². The van der Waals surface area contributed by atoms with Crippen LogP contribution in [0.15, 0.2) is 42.9 Å². The summed E-state index contributed by atoms with van der Waals surface area (Å²) in [6.45, 7) is 0.685. The quantitative estimate of drug-likeness (QED) is 0.863. The Balaban J connectivity index is 1.96. The standard InChI is InChI=1S/C11H10ClN3/c12-9-1-3-10(4-2-9)14-7-11-5-6-13-8-15-11/h1-6,8,14H,7H2. The highest BCUT2D eigenvalue weighted by molar-refractivity contribution is 6.30. The third-order valence-corrected chi connectivity index (χ3v) is 2.21. The molecule has 0 radical (unpaired) electrons. The van der Waals surface area contributed by atoms with E-state index in [9.17, 15) is 0 Å². The Kier molecular flexibility index (Phi) is 3.15. The molecule has 2 aromatic rings. The molecule has 0 saturated carbocycles. The molecule has 2 rings (SSSR count). The van der Waals surface area contributed by atoms with Gasteiger partial charge in [0, 0.05) is 16.9 Å². The second kappa shape index (κ2) is 4.75. The molecule has 15 heavy (non-hydrogen) atoms. The predicted molar refractivity (Wildman–Crippen MR) is 60.8 cm³/mol. The van der Waals surface area contributed by atoms with Crippen molar-refractivity contribution >= 4 is 17.3 Å². The normalized spacial score (nSPS) is 9.93. The first-order valence-electron chi connectivity index (χ1n) is 4.59. The molecule has 0 saturated heterocycles. The topological polar surface area (TPSA) is 37.8 Å². The minimum absolute atomic E-state index is 0.685. The third-order valence-electron chi connectivity index (χ3n) is 1.96. The summed E-state index contributed by atoms with van der Waals surface area (Å²) >= 11 is 5.78. The molecule has 1 aromatic carbocycles. The zero-order chi connectivity index (χ0) is 10.5. The van der Waals surface area contributed by atoms with Crippen LogP contribution in [0.4, 0.5) is 5.69 Å². The van der Waals surface area contributed by atoms with E-state index in [2.05, 4.69) is 15.3 Å². The van der Waals surface area contributed by atoms with E-state index in [0.717, 1.165) is 16.4 Å². The molecular formula is C11H10ClN3. The monoisotopic (exact) mass is 219 g/mol. The maximum absolute atomic E-state index is 5.78. The lowest BCUT2D eigenvalue weighted by Gasteiger charge is -2.05. The molecule has 0 aliphatic heterocycles. The van der Waals surface area contributed by atoms with Crippen molar-refractivity contribution in [2.45, 2.75) is 6.54 Å². The van der Waals surface area contributed by atoms with Crippen LogP contribution in [-0.2, 0) is 6.54 Å².